The van der Waals surface area contributed by atoms with E-state index in [2.05, 4.69) is 42.8 Å². The Morgan fingerprint density at radius 3 is 2.87 bits per heavy atom. The molecule has 7 heteroatoms. The van der Waals surface area contributed by atoms with Crippen molar-refractivity contribution in [3.8, 4) is 0 Å². The fourth-order valence-electron chi connectivity index (χ4n) is 2.75. The van der Waals surface area contributed by atoms with Crippen LogP contribution in [-0.2, 0) is 13.0 Å². The predicted molar refractivity (Wildman–Crippen MR) is 92.7 cm³/mol. The second kappa shape index (κ2) is 8.12. The zero-order chi connectivity index (χ0) is 15.9. The lowest BCUT2D eigenvalue weighted by Crippen LogP contribution is -2.52. The fourth-order valence-corrected chi connectivity index (χ4v) is 3.46. The molecule has 2 aromatic rings. The number of aliphatic imine (C=N–C) groups is 1. The van der Waals surface area contributed by atoms with Crippen LogP contribution in [0.15, 0.2) is 39.4 Å². The fraction of sp³-hybridized carbons (Fsp3) is 0.500. The van der Waals surface area contributed by atoms with Gasteiger partial charge in [-0.1, -0.05) is 11.2 Å². The number of piperazine rings is 1. The van der Waals surface area contributed by atoms with Crippen LogP contribution in [0.25, 0.3) is 0 Å². The summed E-state index contributed by atoms with van der Waals surface area (Å²) in [6.45, 7) is 5.77. The van der Waals surface area contributed by atoms with Gasteiger partial charge in [-0.05, 0) is 17.9 Å². The largest absolute Gasteiger partial charge is 0.364 e. The standard InChI is InChI=1S/C16H23N5OS/c1-17-16(18-6-4-15-3-2-12-23-15)21-9-7-20(8-10-21)13-14-5-11-22-19-14/h2-3,5,11-12H,4,6-10,13H2,1H3,(H,17,18). The minimum atomic E-state index is 0.856. The maximum absolute atomic E-state index is 4.89. The van der Waals surface area contributed by atoms with E-state index >= 15 is 0 Å². The number of nitrogens with one attached hydrogen (secondary N) is 1. The predicted octanol–water partition coefficient (Wildman–Crippen LogP) is 1.67. The van der Waals surface area contributed by atoms with Crippen molar-refractivity contribution >= 4 is 17.3 Å². The highest BCUT2D eigenvalue weighted by Crippen LogP contribution is 2.09. The zero-order valence-electron chi connectivity index (χ0n) is 13.4. The van der Waals surface area contributed by atoms with Crippen molar-refractivity contribution in [2.75, 3.05) is 39.8 Å². The molecule has 1 fully saturated rings. The van der Waals surface area contributed by atoms with Gasteiger partial charge in [-0.3, -0.25) is 9.89 Å². The number of rotatable bonds is 5. The summed E-state index contributed by atoms with van der Waals surface area (Å²) < 4.78 is 4.89. The third kappa shape index (κ3) is 4.56. The monoisotopic (exact) mass is 333 g/mol. The Bertz CT molecular complexity index is 588. The smallest absolute Gasteiger partial charge is 0.193 e. The molecular formula is C16H23N5OS. The van der Waals surface area contributed by atoms with Gasteiger partial charge in [0, 0.05) is 57.3 Å². The average Bonchev–Trinajstić information content (AvgIpc) is 3.26. The lowest BCUT2D eigenvalue weighted by molar-refractivity contribution is 0.169. The summed E-state index contributed by atoms with van der Waals surface area (Å²) in [5.41, 5.74) is 0.997. The molecule has 3 rings (SSSR count). The molecule has 1 aliphatic rings. The topological polar surface area (TPSA) is 56.9 Å². The average molecular weight is 333 g/mol. The minimum absolute atomic E-state index is 0.856. The number of hydrogen-bond donors (Lipinski definition) is 1. The molecule has 0 aromatic carbocycles. The summed E-state index contributed by atoms with van der Waals surface area (Å²) in [5, 5.41) is 9.58. The summed E-state index contributed by atoms with van der Waals surface area (Å²) in [6.07, 6.45) is 2.67. The maximum atomic E-state index is 4.89. The van der Waals surface area contributed by atoms with Crippen LogP contribution in [0.2, 0.25) is 0 Å². The molecule has 0 atom stereocenters. The van der Waals surface area contributed by atoms with Crippen LogP contribution >= 0.6 is 11.3 Å². The summed E-state index contributed by atoms with van der Waals surface area (Å²) in [6, 6.07) is 6.21. The second-order valence-electron chi connectivity index (χ2n) is 5.56. The molecular weight excluding hydrogens is 310 g/mol. The lowest BCUT2D eigenvalue weighted by Gasteiger charge is -2.36. The van der Waals surface area contributed by atoms with Crippen molar-refractivity contribution in [2.24, 2.45) is 4.99 Å². The van der Waals surface area contributed by atoms with Crippen molar-refractivity contribution in [1.29, 1.82) is 0 Å². The van der Waals surface area contributed by atoms with Gasteiger partial charge in [0.25, 0.3) is 0 Å². The molecule has 6 nitrogen and oxygen atoms in total. The quantitative estimate of drug-likeness (QED) is 0.666. The number of guanidine groups is 1. The molecule has 1 saturated heterocycles. The van der Waals surface area contributed by atoms with Crippen LogP contribution in [0.5, 0.6) is 0 Å². The third-order valence-corrected chi connectivity index (χ3v) is 4.93. The summed E-state index contributed by atoms with van der Waals surface area (Å²) >= 11 is 1.81. The van der Waals surface area contributed by atoms with Crippen LogP contribution in [0, 0.1) is 0 Å². The van der Waals surface area contributed by atoms with Gasteiger partial charge in [0.1, 0.15) is 6.26 Å². The Morgan fingerprint density at radius 1 is 1.35 bits per heavy atom. The van der Waals surface area contributed by atoms with Gasteiger partial charge in [0.05, 0.1) is 5.69 Å². The number of thiophene rings is 1. The van der Waals surface area contributed by atoms with Crippen LogP contribution in [0.1, 0.15) is 10.6 Å². The third-order valence-electron chi connectivity index (χ3n) is 4.00. The van der Waals surface area contributed by atoms with E-state index in [0.29, 0.717) is 0 Å². The van der Waals surface area contributed by atoms with Crippen molar-refractivity contribution in [1.82, 2.24) is 20.3 Å². The second-order valence-corrected chi connectivity index (χ2v) is 6.59. The molecule has 124 valence electrons. The van der Waals surface area contributed by atoms with E-state index in [9.17, 15) is 0 Å². The van der Waals surface area contributed by atoms with Crippen LogP contribution in [-0.4, -0.2) is 60.7 Å². The van der Waals surface area contributed by atoms with Gasteiger partial charge in [0.15, 0.2) is 5.96 Å². The molecule has 23 heavy (non-hydrogen) atoms. The van der Waals surface area contributed by atoms with E-state index in [4.69, 9.17) is 4.52 Å². The first-order valence-corrected chi connectivity index (χ1v) is 8.82. The number of aromatic nitrogens is 1. The maximum Gasteiger partial charge on any atom is 0.193 e. The van der Waals surface area contributed by atoms with Crippen molar-refractivity contribution < 1.29 is 4.52 Å². The van der Waals surface area contributed by atoms with E-state index in [0.717, 1.165) is 57.3 Å². The van der Waals surface area contributed by atoms with Crippen LogP contribution in [0.3, 0.4) is 0 Å². The first-order chi connectivity index (χ1) is 11.3. The Labute approximate surface area is 140 Å². The van der Waals surface area contributed by atoms with Crippen molar-refractivity contribution in [2.45, 2.75) is 13.0 Å². The van der Waals surface area contributed by atoms with Crippen LogP contribution < -0.4 is 5.32 Å². The molecule has 0 unspecified atom stereocenters. The molecule has 2 aromatic heterocycles. The lowest BCUT2D eigenvalue weighted by atomic mass is 10.3. The number of nitrogens with zero attached hydrogens (tertiary/aromatic N) is 4. The highest BCUT2D eigenvalue weighted by molar-refractivity contribution is 7.09. The zero-order valence-corrected chi connectivity index (χ0v) is 14.3. The van der Waals surface area contributed by atoms with Crippen molar-refractivity contribution in [3.05, 3.63) is 40.4 Å². The van der Waals surface area contributed by atoms with E-state index in [-0.39, 0.29) is 0 Å². The first kappa shape index (κ1) is 16.0. The van der Waals surface area contributed by atoms with Gasteiger partial charge in [-0.2, -0.15) is 0 Å². The molecule has 3 heterocycles. The molecule has 0 aliphatic carbocycles. The molecule has 0 amide bonds. The summed E-state index contributed by atoms with van der Waals surface area (Å²) in [4.78, 5) is 10.6. The SMILES string of the molecule is CN=C(NCCc1cccs1)N1CCN(Cc2ccon2)CC1. The van der Waals surface area contributed by atoms with E-state index in [1.165, 1.54) is 4.88 Å². The van der Waals surface area contributed by atoms with Gasteiger partial charge in [-0.25, -0.2) is 0 Å². The van der Waals surface area contributed by atoms with Gasteiger partial charge in [0.2, 0.25) is 0 Å². The molecule has 0 saturated carbocycles. The Kier molecular flexibility index (Phi) is 5.65. The molecule has 0 radical (unpaired) electrons. The normalized spacial score (nSPS) is 16.7. The highest BCUT2D eigenvalue weighted by atomic mass is 32.1. The minimum Gasteiger partial charge on any atom is -0.364 e. The number of hydrogen-bond acceptors (Lipinski definition) is 5. The molecule has 1 aliphatic heterocycles. The molecule has 0 bridgehead atoms. The van der Waals surface area contributed by atoms with E-state index in [1.54, 1.807) is 17.6 Å². The van der Waals surface area contributed by atoms with Gasteiger partial charge >= 0.3 is 0 Å². The molecule has 0 spiro atoms. The molecule has 1 N–H and O–H groups in total. The van der Waals surface area contributed by atoms with Gasteiger partial charge in [-0.15, -0.1) is 11.3 Å². The first-order valence-electron chi connectivity index (χ1n) is 7.95. The van der Waals surface area contributed by atoms with E-state index < -0.39 is 0 Å². The Hall–Kier alpha value is -1.86. The summed E-state index contributed by atoms with van der Waals surface area (Å²) in [7, 11) is 1.86. The van der Waals surface area contributed by atoms with E-state index in [1.807, 2.05) is 13.1 Å². The Morgan fingerprint density at radius 2 is 2.22 bits per heavy atom. The summed E-state index contributed by atoms with van der Waals surface area (Å²) in [5.74, 6) is 1.00. The Balaban J connectivity index is 1.41. The van der Waals surface area contributed by atoms with Gasteiger partial charge < -0.3 is 14.7 Å². The van der Waals surface area contributed by atoms with Crippen molar-refractivity contribution in [3.63, 3.8) is 0 Å². The van der Waals surface area contributed by atoms with Crippen LogP contribution in [0.4, 0.5) is 0 Å². The highest BCUT2D eigenvalue weighted by Gasteiger charge is 2.20.